The molecular formula is C25H26N2O7. The van der Waals surface area contributed by atoms with Crippen LogP contribution >= 0.6 is 0 Å². The highest BCUT2D eigenvalue weighted by Gasteiger charge is 2.31. The highest BCUT2D eigenvalue weighted by Crippen LogP contribution is 2.31. The number of para-hydroxylation sites is 3. The molecule has 0 fully saturated rings. The van der Waals surface area contributed by atoms with Crippen LogP contribution in [0.1, 0.15) is 17.9 Å². The molecule has 2 atom stereocenters. The van der Waals surface area contributed by atoms with Gasteiger partial charge in [0.25, 0.3) is 5.91 Å². The van der Waals surface area contributed by atoms with E-state index in [0.717, 1.165) is 0 Å². The highest BCUT2D eigenvalue weighted by molar-refractivity contribution is 6.04. The van der Waals surface area contributed by atoms with Crippen molar-refractivity contribution in [2.75, 3.05) is 37.5 Å². The standard InChI is InChI=1S/C25H26N2O7/c26-19-6-2-3-7-20(19)27-25(30)22-13-16(14-23(34-22)32-12-11-31-10-9-28)18-15-33-21-8-4-1-5-17(21)24(18)29/h1-8,13,15-16,23,28H,9-12,14,26H2,(H,27,30)/t16-,23+/m1/s1. The number of rotatable bonds is 9. The number of benzene rings is 2. The number of carbonyl (C=O) groups is 1. The van der Waals surface area contributed by atoms with Gasteiger partial charge < -0.3 is 34.8 Å². The molecule has 2 heterocycles. The molecule has 0 radical (unpaired) electrons. The first kappa shape index (κ1) is 23.5. The number of aliphatic hydroxyl groups is 1. The third-order valence-electron chi connectivity index (χ3n) is 5.36. The fourth-order valence-electron chi connectivity index (χ4n) is 3.68. The van der Waals surface area contributed by atoms with Gasteiger partial charge in [0, 0.05) is 17.9 Å². The Kier molecular flexibility index (Phi) is 7.58. The summed E-state index contributed by atoms with van der Waals surface area (Å²) < 4.78 is 22.4. The van der Waals surface area contributed by atoms with Gasteiger partial charge in [-0.1, -0.05) is 24.3 Å². The summed E-state index contributed by atoms with van der Waals surface area (Å²) in [6.07, 6.45) is 2.52. The first-order valence-corrected chi connectivity index (χ1v) is 10.9. The van der Waals surface area contributed by atoms with Crippen molar-refractivity contribution in [1.82, 2.24) is 0 Å². The minimum atomic E-state index is -0.799. The summed E-state index contributed by atoms with van der Waals surface area (Å²) >= 11 is 0. The monoisotopic (exact) mass is 466 g/mol. The third-order valence-corrected chi connectivity index (χ3v) is 5.36. The van der Waals surface area contributed by atoms with Gasteiger partial charge in [0.2, 0.25) is 6.29 Å². The van der Waals surface area contributed by atoms with Crippen molar-refractivity contribution in [2.45, 2.75) is 18.6 Å². The maximum atomic E-state index is 13.1. The first-order valence-electron chi connectivity index (χ1n) is 10.9. The Morgan fingerprint density at radius 1 is 1.12 bits per heavy atom. The lowest BCUT2D eigenvalue weighted by atomic mass is 9.93. The van der Waals surface area contributed by atoms with Gasteiger partial charge in [-0.05, 0) is 30.3 Å². The number of hydrogen-bond donors (Lipinski definition) is 3. The third kappa shape index (κ3) is 5.45. The van der Waals surface area contributed by atoms with Gasteiger partial charge in [-0.15, -0.1) is 0 Å². The smallest absolute Gasteiger partial charge is 0.290 e. The summed E-state index contributed by atoms with van der Waals surface area (Å²) in [5, 5.41) is 12.0. The van der Waals surface area contributed by atoms with Crippen molar-refractivity contribution in [2.24, 2.45) is 0 Å². The topological polar surface area (TPSA) is 133 Å². The predicted molar refractivity (Wildman–Crippen MR) is 126 cm³/mol. The molecule has 1 amide bonds. The summed E-state index contributed by atoms with van der Waals surface area (Å²) in [6.45, 7) is 0.538. The lowest BCUT2D eigenvalue weighted by Crippen LogP contribution is -2.31. The Labute approximate surface area is 195 Å². The zero-order valence-electron chi connectivity index (χ0n) is 18.4. The number of fused-ring (bicyclic) bond motifs is 1. The number of hydrogen-bond acceptors (Lipinski definition) is 8. The number of nitrogens with one attached hydrogen (secondary N) is 1. The maximum Gasteiger partial charge on any atom is 0.290 e. The Balaban J connectivity index is 1.60. The molecule has 1 aromatic heterocycles. The average Bonchev–Trinajstić information content (AvgIpc) is 2.85. The van der Waals surface area contributed by atoms with Crippen LogP contribution in [0.2, 0.25) is 0 Å². The normalized spacial score (nSPS) is 17.7. The minimum absolute atomic E-state index is 0.00772. The quantitative estimate of drug-likeness (QED) is 0.324. The summed E-state index contributed by atoms with van der Waals surface area (Å²) in [5.41, 5.74) is 7.50. The fraction of sp³-hybridized carbons (Fsp3) is 0.280. The summed E-state index contributed by atoms with van der Waals surface area (Å²) in [6, 6.07) is 13.9. The van der Waals surface area contributed by atoms with Crippen LogP contribution in [0.25, 0.3) is 11.0 Å². The highest BCUT2D eigenvalue weighted by atomic mass is 16.7. The second-order valence-electron chi connectivity index (χ2n) is 7.68. The molecule has 4 rings (SSSR count). The van der Waals surface area contributed by atoms with E-state index in [0.29, 0.717) is 34.3 Å². The van der Waals surface area contributed by atoms with Crippen LogP contribution < -0.4 is 16.5 Å². The molecule has 0 aliphatic carbocycles. The molecule has 9 heteroatoms. The van der Waals surface area contributed by atoms with Gasteiger partial charge in [0.05, 0.1) is 49.5 Å². The lowest BCUT2D eigenvalue weighted by Gasteiger charge is -2.29. The first-order chi connectivity index (χ1) is 16.6. The number of amides is 1. The van der Waals surface area contributed by atoms with Crippen LogP contribution in [0.15, 0.2) is 75.8 Å². The van der Waals surface area contributed by atoms with E-state index in [-0.39, 0.29) is 37.6 Å². The maximum absolute atomic E-state index is 13.1. The van der Waals surface area contributed by atoms with Crippen LogP contribution in [-0.2, 0) is 19.0 Å². The lowest BCUT2D eigenvalue weighted by molar-refractivity contribution is -0.148. The molecule has 4 N–H and O–H groups in total. The molecule has 0 bridgehead atoms. The van der Waals surface area contributed by atoms with Crippen LogP contribution in [-0.4, -0.2) is 43.7 Å². The van der Waals surface area contributed by atoms with E-state index in [2.05, 4.69) is 5.32 Å². The molecule has 3 aromatic rings. The molecular weight excluding hydrogens is 440 g/mol. The minimum Gasteiger partial charge on any atom is -0.464 e. The molecule has 1 aliphatic rings. The summed E-state index contributed by atoms with van der Waals surface area (Å²) in [7, 11) is 0. The zero-order chi connectivity index (χ0) is 23.9. The predicted octanol–water partition coefficient (Wildman–Crippen LogP) is 2.75. The van der Waals surface area contributed by atoms with E-state index >= 15 is 0 Å². The van der Waals surface area contributed by atoms with Gasteiger partial charge in [0.1, 0.15) is 5.58 Å². The number of nitrogens with two attached hydrogens (primary N) is 1. The van der Waals surface area contributed by atoms with Crippen LogP contribution in [0.4, 0.5) is 11.4 Å². The van der Waals surface area contributed by atoms with E-state index < -0.39 is 18.1 Å². The zero-order valence-corrected chi connectivity index (χ0v) is 18.4. The van der Waals surface area contributed by atoms with Crippen molar-refractivity contribution in [3.8, 4) is 0 Å². The van der Waals surface area contributed by atoms with Crippen LogP contribution in [0, 0.1) is 0 Å². The largest absolute Gasteiger partial charge is 0.464 e. The number of carbonyl (C=O) groups excluding carboxylic acids is 1. The number of anilines is 2. The SMILES string of the molecule is Nc1ccccc1NC(=O)C1=C[C@@H](c2coc3ccccc3c2=O)C[C@@H](OCCOCCO)O1. The van der Waals surface area contributed by atoms with E-state index in [9.17, 15) is 9.59 Å². The van der Waals surface area contributed by atoms with Gasteiger partial charge in [-0.3, -0.25) is 9.59 Å². The van der Waals surface area contributed by atoms with E-state index in [1.54, 1.807) is 54.6 Å². The van der Waals surface area contributed by atoms with Crippen molar-refractivity contribution in [1.29, 1.82) is 0 Å². The van der Waals surface area contributed by atoms with Gasteiger partial charge in [-0.25, -0.2) is 0 Å². The molecule has 34 heavy (non-hydrogen) atoms. The molecule has 2 aromatic carbocycles. The van der Waals surface area contributed by atoms with E-state index in [4.69, 9.17) is 29.5 Å². The van der Waals surface area contributed by atoms with Crippen LogP contribution in [0.3, 0.4) is 0 Å². The van der Waals surface area contributed by atoms with Gasteiger partial charge in [-0.2, -0.15) is 0 Å². The number of nitrogen functional groups attached to an aromatic ring is 1. The van der Waals surface area contributed by atoms with Crippen molar-refractivity contribution in [3.05, 3.63) is 82.4 Å². The molecule has 0 saturated carbocycles. The molecule has 0 unspecified atom stereocenters. The Hall–Kier alpha value is -3.66. The molecule has 1 aliphatic heterocycles. The van der Waals surface area contributed by atoms with E-state index in [1.807, 2.05) is 0 Å². The molecule has 178 valence electrons. The van der Waals surface area contributed by atoms with E-state index in [1.165, 1.54) is 6.26 Å². The van der Waals surface area contributed by atoms with Crippen molar-refractivity contribution < 1.29 is 28.5 Å². The Bertz CT molecular complexity index is 1240. The van der Waals surface area contributed by atoms with Crippen molar-refractivity contribution >= 4 is 28.3 Å². The number of aliphatic hydroxyl groups excluding tert-OH is 1. The van der Waals surface area contributed by atoms with Crippen LogP contribution in [0.5, 0.6) is 0 Å². The summed E-state index contributed by atoms with van der Waals surface area (Å²) in [5.74, 6) is -0.988. The molecule has 0 saturated heterocycles. The van der Waals surface area contributed by atoms with Gasteiger partial charge in [0.15, 0.2) is 11.2 Å². The van der Waals surface area contributed by atoms with Gasteiger partial charge >= 0.3 is 0 Å². The van der Waals surface area contributed by atoms with Crippen molar-refractivity contribution in [3.63, 3.8) is 0 Å². The Morgan fingerprint density at radius 3 is 2.74 bits per heavy atom. The average molecular weight is 466 g/mol. The second kappa shape index (κ2) is 11.0. The number of ether oxygens (including phenoxy) is 3. The molecule has 9 nitrogen and oxygen atoms in total. The number of allylic oxidation sites excluding steroid dienone is 1. The second-order valence-corrected chi connectivity index (χ2v) is 7.68. The Morgan fingerprint density at radius 2 is 1.91 bits per heavy atom. The molecule has 0 spiro atoms. The fourth-order valence-corrected chi connectivity index (χ4v) is 3.68. The summed E-state index contributed by atoms with van der Waals surface area (Å²) in [4.78, 5) is 26.1.